The van der Waals surface area contributed by atoms with Crippen LogP contribution >= 0.6 is 0 Å². The molecular weight excluding hydrogens is 382 g/mol. The molecule has 2 aromatic rings. The van der Waals surface area contributed by atoms with Crippen molar-refractivity contribution in [1.82, 2.24) is 5.32 Å². The number of carbonyl (C=O) groups is 1. The highest BCUT2D eigenvalue weighted by Gasteiger charge is 2.14. The fraction of sp³-hybridized carbons (Fsp3) is 0.458. The van der Waals surface area contributed by atoms with Crippen molar-refractivity contribution in [2.24, 2.45) is 5.92 Å². The van der Waals surface area contributed by atoms with Crippen molar-refractivity contribution < 1.29 is 24.5 Å². The molecule has 0 spiro atoms. The van der Waals surface area contributed by atoms with Gasteiger partial charge in [-0.25, -0.2) is 0 Å². The van der Waals surface area contributed by atoms with E-state index in [1.54, 1.807) is 12.1 Å². The first-order valence-corrected chi connectivity index (χ1v) is 10.4. The van der Waals surface area contributed by atoms with Crippen LogP contribution in [0.1, 0.15) is 24.5 Å². The highest BCUT2D eigenvalue weighted by atomic mass is 16.5. The summed E-state index contributed by atoms with van der Waals surface area (Å²) < 4.78 is 11.2. The van der Waals surface area contributed by atoms with E-state index in [-0.39, 0.29) is 30.2 Å². The molecule has 30 heavy (non-hydrogen) atoms. The molecule has 2 rings (SSSR count). The third-order valence-corrected chi connectivity index (χ3v) is 4.67. The Hall–Kier alpha value is -2.41. The maximum atomic E-state index is 12.5. The Bertz CT molecular complexity index is 720. The average Bonchev–Trinajstić information content (AvgIpc) is 2.76. The monoisotopic (exact) mass is 415 g/mol. The lowest BCUT2D eigenvalue weighted by Crippen LogP contribution is -2.40. The Kier molecular flexibility index (Phi) is 10.9. The number of nitrogens with one attached hydrogen (secondary N) is 1. The van der Waals surface area contributed by atoms with Crippen LogP contribution in [-0.4, -0.2) is 55.2 Å². The normalized spacial score (nSPS) is 13.0. The molecule has 0 aliphatic rings. The van der Waals surface area contributed by atoms with Crippen molar-refractivity contribution in [2.45, 2.75) is 32.2 Å². The van der Waals surface area contributed by atoms with Gasteiger partial charge >= 0.3 is 0 Å². The minimum absolute atomic E-state index is 0.0272. The number of carbonyl (C=O) groups excluding carboxylic acids is 1. The smallest absolute Gasteiger partial charge is 0.220 e. The molecule has 0 radical (unpaired) electrons. The van der Waals surface area contributed by atoms with Crippen molar-refractivity contribution in [3.05, 3.63) is 65.7 Å². The maximum Gasteiger partial charge on any atom is 0.220 e. The quantitative estimate of drug-likeness (QED) is 0.413. The molecule has 0 aliphatic carbocycles. The number of amides is 1. The zero-order valence-corrected chi connectivity index (χ0v) is 17.6. The SMILES string of the molecule is CC(CO)COCCOCC(Cc1ccccc1)NC(=O)CCc1ccc(O)cc1. The van der Waals surface area contributed by atoms with Crippen LogP contribution in [0.5, 0.6) is 5.75 Å². The summed E-state index contributed by atoms with van der Waals surface area (Å²) in [7, 11) is 0. The van der Waals surface area contributed by atoms with Crippen LogP contribution in [0.3, 0.4) is 0 Å². The average molecular weight is 416 g/mol. The Labute approximate surface area is 178 Å². The number of aliphatic hydroxyl groups excluding tert-OH is 1. The van der Waals surface area contributed by atoms with Gasteiger partial charge in [0.1, 0.15) is 5.75 Å². The molecule has 2 unspecified atom stereocenters. The van der Waals surface area contributed by atoms with Crippen LogP contribution in [0, 0.1) is 5.92 Å². The summed E-state index contributed by atoms with van der Waals surface area (Å²) in [6.07, 6.45) is 1.67. The molecule has 6 heteroatoms. The Morgan fingerprint density at radius 2 is 1.63 bits per heavy atom. The van der Waals surface area contributed by atoms with Crippen LogP contribution in [0.15, 0.2) is 54.6 Å². The molecule has 164 valence electrons. The van der Waals surface area contributed by atoms with Gasteiger partial charge in [-0.05, 0) is 36.1 Å². The van der Waals surface area contributed by atoms with Gasteiger partial charge in [-0.15, -0.1) is 0 Å². The van der Waals surface area contributed by atoms with Gasteiger partial charge < -0.3 is 25.0 Å². The van der Waals surface area contributed by atoms with Crippen LogP contribution < -0.4 is 5.32 Å². The number of phenolic OH excluding ortho intramolecular Hbond substituents is 1. The lowest BCUT2D eigenvalue weighted by molar-refractivity contribution is -0.122. The zero-order chi connectivity index (χ0) is 21.6. The minimum atomic E-state index is -0.129. The van der Waals surface area contributed by atoms with E-state index < -0.39 is 0 Å². The molecule has 0 saturated carbocycles. The number of hydrogen-bond acceptors (Lipinski definition) is 5. The predicted molar refractivity (Wildman–Crippen MR) is 116 cm³/mol. The second-order valence-electron chi connectivity index (χ2n) is 7.56. The molecule has 0 aliphatic heterocycles. The summed E-state index contributed by atoms with van der Waals surface area (Å²) >= 11 is 0. The van der Waals surface area contributed by atoms with Crippen LogP contribution in [-0.2, 0) is 27.1 Å². The summed E-state index contributed by atoms with van der Waals surface area (Å²) in [5.41, 5.74) is 2.14. The lowest BCUT2D eigenvalue weighted by atomic mass is 10.1. The summed E-state index contributed by atoms with van der Waals surface area (Å²) in [6.45, 7) is 3.82. The first-order chi connectivity index (χ1) is 14.6. The Morgan fingerprint density at radius 3 is 2.30 bits per heavy atom. The first kappa shape index (κ1) is 23.9. The number of rotatable bonds is 14. The number of aryl methyl sites for hydroxylation is 1. The second-order valence-corrected chi connectivity index (χ2v) is 7.56. The number of benzene rings is 2. The fourth-order valence-electron chi connectivity index (χ4n) is 2.95. The number of hydrogen-bond donors (Lipinski definition) is 3. The summed E-state index contributed by atoms with van der Waals surface area (Å²) in [4.78, 5) is 12.5. The van der Waals surface area contributed by atoms with E-state index in [1.807, 2.05) is 49.4 Å². The summed E-state index contributed by atoms with van der Waals surface area (Å²) in [5.74, 6) is 0.308. The Balaban J connectivity index is 1.78. The van der Waals surface area contributed by atoms with Crippen molar-refractivity contribution in [3.63, 3.8) is 0 Å². The third-order valence-electron chi connectivity index (χ3n) is 4.67. The van der Waals surface area contributed by atoms with Gasteiger partial charge in [0.2, 0.25) is 5.91 Å². The second kappa shape index (κ2) is 13.7. The van der Waals surface area contributed by atoms with E-state index in [1.165, 1.54) is 0 Å². The molecule has 3 N–H and O–H groups in total. The first-order valence-electron chi connectivity index (χ1n) is 10.4. The molecule has 0 heterocycles. The van der Waals surface area contributed by atoms with Crippen molar-refractivity contribution >= 4 is 5.91 Å². The summed E-state index contributed by atoms with van der Waals surface area (Å²) in [6, 6.07) is 16.8. The van der Waals surface area contributed by atoms with Gasteiger partial charge in [-0.3, -0.25) is 4.79 Å². The van der Waals surface area contributed by atoms with Crippen molar-refractivity contribution in [3.8, 4) is 5.75 Å². The predicted octanol–water partition coefficient (Wildman–Crippen LogP) is 2.71. The Morgan fingerprint density at radius 1 is 0.967 bits per heavy atom. The molecule has 0 fully saturated rings. The topological polar surface area (TPSA) is 88.0 Å². The molecule has 2 aromatic carbocycles. The molecule has 0 bridgehead atoms. The van der Waals surface area contributed by atoms with E-state index in [2.05, 4.69) is 5.32 Å². The minimum Gasteiger partial charge on any atom is -0.508 e. The van der Waals surface area contributed by atoms with E-state index in [0.29, 0.717) is 45.7 Å². The van der Waals surface area contributed by atoms with Crippen molar-refractivity contribution in [1.29, 1.82) is 0 Å². The van der Waals surface area contributed by atoms with E-state index in [4.69, 9.17) is 14.6 Å². The zero-order valence-electron chi connectivity index (χ0n) is 17.6. The van der Waals surface area contributed by atoms with Crippen LogP contribution in [0.2, 0.25) is 0 Å². The van der Waals surface area contributed by atoms with E-state index in [0.717, 1.165) is 11.1 Å². The van der Waals surface area contributed by atoms with Crippen LogP contribution in [0.4, 0.5) is 0 Å². The van der Waals surface area contributed by atoms with Crippen molar-refractivity contribution in [2.75, 3.05) is 33.0 Å². The molecular formula is C24H33NO5. The van der Waals surface area contributed by atoms with Gasteiger partial charge in [-0.2, -0.15) is 0 Å². The van der Waals surface area contributed by atoms with Gasteiger partial charge in [-0.1, -0.05) is 49.4 Å². The number of aromatic hydroxyl groups is 1. The molecule has 0 saturated heterocycles. The number of aliphatic hydroxyl groups is 1. The highest BCUT2D eigenvalue weighted by Crippen LogP contribution is 2.11. The maximum absolute atomic E-state index is 12.5. The number of ether oxygens (including phenoxy) is 2. The molecule has 2 atom stereocenters. The molecule has 0 aromatic heterocycles. The van der Waals surface area contributed by atoms with Crippen LogP contribution in [0.25, 0.3) is 0 Å². The number of phenols is 1. The standard InChI is InChI=1S/C24H33NO5/c1-19(16-26)17-29-13-14-30-18-22(15-21-5-3-2-4-6-21)25-24(28)12-9-20-7-10-23(27)11-8-20/h2-8,10-11,19,22,26-27H,9,12-18H2,1H3,(H,25,28). The lowest BCUT2D eigenvalue weighted by Gasteiger charge is -2.19. The molecule has 1 amide bonds. The van der Waals surface area contributed by atoms with Gasteiger partial charge in [0.15, 0.2) is 0 Å². The third kappa shape index (κ3) is 9.87. The van der Waals surface area contributed by atoms with E-state index in [9.17, 15) is 9.90 Å². The van der Waals surface area contributed by atoms with Gasteiger partial charge in [0, 0.05) is 18.9 Å². The van der Waals surface area contributed by atoms with E-state index >= 15 is 0 Å². The highest BCUT2D eigenvalue weighted by molar-refractivity contribution is 5.76. The summed E-state index contributed by atoms with van der Waals surface area (Å²) in [5, 5.41) is 21.4. The van der Waals surface area contributed by atoms with Gasteiger partial charge in [0.25, 0.3) is 0 Å². The largest absolute Gasteiger partial charge is 0.508 e. The van der Waals surface area contributed by atoms with Gasteiger partial charge in [0.05, 0.1) is 32.5 Å². The molecule has 6 nitrogen and oxygen atoms in total. The fourth-order valence-corrected chi connectivity index (χ4v) is 2.95.